The number of likely N-dealkylation sites (tertiary alicyclic amines) is 1. The van der Waals surface area contributed by atoms with E-state index in [-0.39, 0.29) is 6.04 Å². The molecule has 166 valence electrons. The second kappa shape index (κ2) is 10.7. The molecule has 0 amide bonds. The van der Waals surface area contributed by atoms with Crippen LogP contribution in [0.4, 0.5) is 0 Å². The molecule has 1 aliphatic heterocycles. The van der Waals surface area contributed by atoms with E-state index in [2.05, 4.69) is 17.0 Å². The summed E-state index contributed by atoms with van der Waals surface area (Å²) in [6.07, 6.45) is 2.74. The number of methoxy groups -OCH3 is 1. The number of hydrogen-bond acceptors (Lipinski definition) is 6. The van der Waals surface area contributed by atoms with E-state index in [1.165, 1.54) is 16.9 Å². The number of piperidine rings is 1. The van der Waals surface area contributed by atoms with Gasteiger partial charge in [0, 0.05) is 25.7 Å². The standard InChI is InChI=1S/C22H33N3O3S2/c1-23(2)16-17-25(30(26,27)22-5-4-18-29-22)20-11-14-24(15-12-20)13-10-19-6-8-21(28-3)9-7-19/h4-9,18,20H,10-17H2,1-3H3. The number of rotatable bonds is 10. The fraction of sp³-hybridized carbons (Fsp3) is 0.545. The summed E-state index contributed by atoms with van der Waals surface area (Å²) in [5.74, 6) is 0.879. The first kappa shape index (κ1) is 23.2. The fourth-order valence-electron chi connectivity index (χ4n) is 3.83. The normalized spacial score (nSPS) is 16.4. The monoisotopic (exact) mass is 451 g/mol. The maximum Gasteiger partial charge on any atom is 0.252 e. The highest BCUT2D eigenvalue weighted by atomic mass is 32.2. The zero-order valence-electron chi connectivity index (χ0n) is 18.2. The van der Waals surface area contributed by atoms with E-state index < -0.39 is 10.0 Å². The van der Waals surface area contributed by atoms with Gasteiger partial charge in [0.2, 0.25) is 0 Å². The van der Waals surface area contributed by atoms with Crippen LogP contribution in [0.15, 0.2) is 46.0 Å². The summed E-state index contributed by atoms with van der Waals surface area (Å²) in [6.45, 7) is 4.11. The van der Waals surface area contributed by atoms with Gasteiger partial charge in [0.15, 0.2) is 0 Å². The molecule has 1 aliphatic rings. The van der Waals surface area contributed by atoms with Gasteiger partial charge in [-0.3, -0.25) is 0 Å². The van der Waals surface area contributed by atoms with E-state index in [4.69, 9.17) is 4.74 Å². The van der Waals surface area contributed by atoms with Crippen molar-refractivity contribution in [3.8, 4) is 5.75 Å². The zero-order valence-corrected chi connectivity index (χ0v) is 19.8. The summed E-state index contributed by atoms with van der Waals surface area (Å²) < 4.78 is 33.9. The molecular formula is C22H33N3O3S2. The minimum atomic E-state index is -3.44. The molecule has 30 heavy (non-hydrogen) atoms. The molecule has 0 N–H and O–H groups in total. The average Bonchev–Trinajstić information content (AvgIpc) is 3.29. The molecule has 0 radical (unpaired) electrons. The summed E-state index contributed by atoms with van der Waals surface area (Å²) >= 11 is 1.30. The SMILES string of the molecule is COc1ccc(CCN2CCC(N(CCN(C)C)S(=O)(=O)c3cccs3)CC2)cc1. The fourth-order valence-corrected chi connectivity index (χ4v) is 6.63. The predicted octanol–water partition coefficient (Wildman–Crippen LogP) is 3.02. The first-order valence-electron chi connectivity index (χ1n) is 10.5. The lowest BCUT2D eigenvalue weighted by molar-refractivity contribution is 0.155. The van der Waals surface area contributed by atoms with Crippen molar-refractivity contribution in [2.45, 2.75) is 29.5 Å². The van der Waals surface area contributed by atoms with Gasteiger partial charge in [0.25, 0.3) is 10.0 Å². The number of sulfonamides is 1. The van der Waals surface area contributed by atoms with Gasteiger partial charge >= 0.3 is 0 Å². The molecule has 6 nitrogen and oxygen atoms in total. The van der Waals surface area contributed by atoms with Crippen molar-refractivity contribution < 1.29 is 13.2 Å². The Morgan fingerprint density at radius 1 is 1.10 bits per heavy atom. The molecule has 3 rings (SSSR count). The van der Waals surface area contributed by atoms with Crippen molar-refractivity contribution in [1.29, 1.82) is 0 Å². The van der Waals surface area contributed by atoms with Gasteiger partial charge < -0.3 is 14.5 Å². The number of ether oxygens (including phenoxy) is 1. The van der Waals surface area contributed by atoms with Crippen molar-refractivity contribution in [2.75, 3.05) is 53.9 Å². The van der Waals surface area contributed by atoms with Crippen LogP contribution >= 0.6 is 11.3 Å². The Bertz CT molecular complexity index is 860. The van der Waals surface area contributed by atoms with Crippen molar-refractivity contribution >= 4 is 21.4 Å². The summed E-state index contributed by atoms with van der Waals surface area (Å²) in [6, 6.07) is 11.8. The average molecular weight is 452 g/mol. The maximum atomic E-state index is 13.2. The van der Waals surface area contributed by atoms with Crippen LogP contribution in [0.3, 0.4) is 0 Å². The first-order valence-corrected chi connectivity index (χ1v) is 12.8. The third-order valence-corrected chi connectivity index (χ3v) is 8.99. The molecule has 0 bridgehead atoms. The van der Waals surface area contributed by atoms with E-state index in [0.717, 1.165) is 51.2 Å². The Morgan fingerprint density at radius 2 is 1.80 bits per heavy atom. The van der Waals surface area contributed by atoms with Crippen LogP contribution in [-0.2, 0) is 16.4 Å². The highest BCUT2D eigenvalue weighted by Crippen LogP contribution is 2.27. The second-order valence-corrected chi connectivity index (χ2v) is 11.1. The first-order chi connectivity index (χ1) is 14.4. The van der Waals surface area contributed by atoms with Gasteiger partial charge in [-0.1, -0.05) is 18.2 Å². The summed E-state index contributed by atoms with van der Waals surface area (Å²) in [5.41, 5.74) is 1.30. The Labute approximate surface area is 185 Å². The molecule has 1 fully saturated rings. The molecule has 0 spiro atoms. The zero-order chi connectivity index (χ0) is 21.6. The van der Waals surface area contributed by atoms with Crippen LogP contribution < -0.4 is 4.74 Å². The topological polar surface area (TPSA) is 53.1 Å². The van der Waals surface area contributed by atoms with Crippen LogP contribution in [0.5, 0.6) is 5.75 Å². The van der Waals surface area contributed by atoms with Gasteiger partial charge in [0.05, 0.1) is 7.11 Å². The Morgan fingerprint density at radius 3 is 2.37 bits per heavy atom. The maximum absolute atomic E-state index is 13.2. The number of nitrogens with zero attached hydrogens (tertiary/aromatic N) is 3. The van der Waals surface area contributed by atoms with Gasteiger partial charge in [-0.25, -0.2) is 8.42 Å². The highest BCUT2D eigenvalue weighted by molar-refractivity contribution is 7.91. The lowest BCUT2D eigenvalue weighted by Gasteiger charge is -2.38. The van der Waals surface area contributed by atoms with Crippen LogP contribution in [0.25, 0.3) is 0 Å². The molecule has 2 aromatic rings. The minimum absolute atomic E-state index is 0.0642. The van der Waals surface area contributed by atoms with E-state index in [1.54, 1.807) is 17.5 Å². The Balaban J connectivity index is 1.58. The molecule has 1 aromatic heterocycles. The molecule has 1 saturated heterocycles. The van der Waals surface area contributed by atoms with Gasteiger partial charge in [-0.15, -0.1) is 11.3 Å². The summed E-state index contributed by atoms with van der Waals surface area (Å²) in [7, 11) is 2.21. The smallest absolute Gasteiger partial charge is 0.252 e. The Kier molecular flexibility index (Phi) is 8.30. The predicted molar refractivity (Wildman–Crippen MR) is 123 cm³/mol. The molecule has 0 saturated carbocycles. The lowest BCUT2D eigenvalue weighted by Crippen LogP contribution is -2.49. The quantitative estimate of drug-likeness (QED) is 0.556. The lowest BCUT2D eigenvalue weighted by atomic mass is 10.0. The molecule has 0 aliphatic carbocycles. The van der Waals surface area contributed by atoms with Crippen molar-refractivity contribution in [1.82, 2.24) is 14.1 Å². The van der Waals surface area contributed by atoms with Gasteiger partial charge in [-0.2, -0.15) is 4.31 Å². The Hall–Kier alpha value is -1.45. The van der Waals surface area contributed by atoms with Crippen molar-refractivity contribution in [3.63, 3.8) is 0 Å². The molecule has 8 heteroatoms. The number of likely N-dealkylation sites (N-methyl/N-ethyl adjacent to an activating group) is 1. The molecule has 0 atom stereocenters. The second-order valence-electron chi connectivity index (χ2n) is 8.02. The largest absolute Gasteiger partial charge is 0.497 e. The van der Waals surface area contributed by atoms with Crippen LogP contribution in [0, 0.1) is 0 Å². The highest BCUT2D eigenvalue weighted by Gasteiger charge is 2.34. The van der Waals surface area contributed by atoms with E-state index in [0.29, 0.717) is 10.8 Å². The summed E-state index contributed by atoms with van der Waals surface area (Å²) in [4.78, 5) is 4.49. The van der Waals surface area contributed by atoms with Crippen molar-refractivity contribution in [2.24, 2.45) is 0 Å². The van der Waals surface area contributed by atoms with Gasteiger partial charge in [-0.05, 0) is 75.6 Å². The van der Waals surface area contributed by atoms with Crippen LogP contribution in [0.2, 0.25) is 0 Å². The van der Waals surface area contributed by atoms with Crippen LogP contribution in [0.1, 0.15) is 18.4 Å². The minimum Gasteiger partial charge on any atom is -0.497 e. The third-order valence-electron chi connectivity index (χ3n) is 5.67. The molecule has 0 unspecified atom stereocenters. The van der Waals surface area contributed by atoms with E-state index in [1.807, 2.05) is 42.6 Å². The van der Waals surface area contributed by atoms with E-state index in [9.17, 15) is 8.42 Å². The van der Waals surface area contributed by atoms with E-state index >= 15 is 0 Å². The number of benzene rings is 1. The number of thiophene rings is 1. The number of hydrogen-bond donors (Lipinski definition) is 0. The van der Waals surface area contributed by atoms with Crippen LogP contribution in [-0.4, -0.2) is 82.5 Å². The molecule has 2 heterocycles. The third kappa shape index (κ3) is 6.04. The molecule has 1 aromatic carbocycles. The summed E-state index contributed by atoms with van der Waals surface area (Å²) in [5, 5.41) is 1.83. The van der Waals surface area contributed by atoms with Gasteiger partial charge in [0.1, 0.15) is 9.96 Å². The van der Waals surface area contributed by atoms with Crippen molar-refractivity contribution in [3.05, 3.63) is 47.3 Å². The molecular weight excluding hydrogens is 418 g/mol.